The summed E-state index contributed by atoms with van der Waals surface area (Å²) in [6.07, 6.45) is -1.71. The van der Waals surface area contributed by atoms with Gasteiger partial charge in [0.2, 0.25) is 0 Å². The van der Waals surface area contributed by atoms with Gasteiger partial charge in [0.1, 0.15) is 96.7 Å². The number of imidazole rings is 1. The van der Waals surface area contributed by atoms with Crippen LogP contribution in [0, 0.1) is 30.3 Å². The lowest BCUT2D eigenvalue weighted by atomic mass is 10.2. The highest BCUT2D eigenvalue weighted by Crippen LogP contribution is 2.31. The number of nitrogen functional groups attached to an aromatic ring is 5. The number of nitro benzene ring substituents is 3. The van der Waals surface area contributed by atoms with Crippen LogP contribution in [0.1, 0.15) is 0 Å². The zero-order valence-electron chi connectivity index (χ0n) is 58.8. The Bertz CT molecular complexity index is 4450. The Balaban J connectivity index is 0.000000161. The fourth-order valence-corrected chi connectivity index (χ4v) is 11.9. The van der Waals surface area contributed by atoms with Gasteiger partial charge in [-0.05, 0) is 133 Å². The predicted octanol–water partition coefficient (Wildman–Crippen LogP) is 8.37. The molecule has 0 amide bonds. The van der Waals surface area contributed by atoms with E-state index in [0.29, 0.717) is 72.7 Å². The number of piperazine rings is 3. The molecule has 4 saturated heterocycles. The van der Waals surface area contributed by atoms with E-state index in [1.807, 2.05) is 72.8 Å². The summed E-state index contributed by atoms with van der Waals surface area (Å²) in [5, 5.41) is 73.6. The molecule has 4 aliphatic heterocycles. The number of benzene rings is 8. The summed E-state index contributed by atoms with van der Waals surface area (Å²) >= 11 is 17.8. The minimum atomic E-state index is -0.696. The van der Waals surface area contributed by atoms with E-state index in [1.165, 1.54) is 47.8 Å². The number of ether oxygens (including phenoxy) is 5. The smallest absolute Gasteiger partial charge is 0.323 e. The Kier molecular flexibility index (Phi) is 29.9. The number of epoxide rings is 1. The van der Waals surface area contributed by atoms with Crippen molar-refractivity contribution in [3.63, 3.8) is 0 Å². The minimum absolute atomic E-state index is 0.0489. The van der Waals surface area contributed by atoms with E-state index in [4.69, 9.17) is 92.3 Å². The van der Waals surface area contributed by atoms with E-state index >= 15 is 0 Å². The molecule has 4 fully saturated rings. The van der Waals surface area contributed by atoms with Crippen molar-refractivity contribution in [3.8, 4) is 28.7 Å². The number of aromatic nitrogens is 2. The molecule has 1 aromatic heterocycles. The average molecular weight is 1550 g/mol. The molecule has 13 rings (SSSR count). The summed E-state index contributed by atoms with van der Waals surface area (Å²) in [6.45, 7) is 13.8. The van der Waals surface area contributed by atoms with Crippen molar-refractivity contribution in [1.82, 2.24) is 24.7 Å². The number of aliphatic hydroxyl groups excluding tert-OH is 3. The van der Waals surface area contributed by atoms with Crippen molar-refractivity contribution < 1.29 is 58.9 Å². The number of hydrogen-bond acceptors (Lipinski definition) is 27. The number of phenols is 1. The van der Waals surface area contributed by atoms with Crippen molar-refractivity contribution in [1.29, 1.82) is 0 Å². The summed E-state index contributed by atoms with van der Waals surface area (Å²) in [5.74, 6) is 1.82. The quantitative estimate of drug-likeness (QED) is 0.00889. The van der Waals surface area contributed by atoms with Gasteiger partial charge in [0.25, 0.3) is 17.1 Å². The number of nitro groups is 3. The van der Waals surface area contributed by atoms with E-state index < -0.39 is 33.1 Å². The summed E-state index contributed by atoms with van der Waals surface area (Å²) in [6, 6.07) is 46.2. The Labute approximate surface area is 636 Å². The van der Waals surface area contributed by atoms with Gasteiger partial charge in [-0.25, -0.2) is 4.79 Å². The van der Waals surface area contributed by atoms with Crippen molar-refractivity contribution in [2.24, 2.45) is 0 Å². The summed E-state index contributed by atoms with van der Waals surface area (Å²) < 4.78 is 27.0. The second kappa shape index (κ2) is 39.7. The fraction of sp³-hybridized carbons (Fsp3) is 0.329. The number of rotatable bonds is 24. The molecule has 35 heteroatoms. The van der Waals surface area contributed by atoms with Gasteiger partial charge in [0.05, 0.1) is 62.0 Å². The molecule has 0 saturated carbocycles. The maximum Gasteiger partial charge on any atom is 0.323 e. The van der Waals surface area contributed by atoms with Crippen LogP contribution in [-0.2, 0) is 4.74 Å². The van der Waals surface area contributed by atoms with Crippen LogP contribution in [0.3, 0.4) is 0 Å². The first kappa shape index (κ1) is 81.3. The highest BCUT2D eigenvalue weighted by atomic mass is 35.5. The molecule has 9 aromatic rings. The molecule has 0 spiro atoms. The van der Waals surface area contributed by atoms with Crippen LogP contribution in [0.5, 0.6) is 28.7 Å². The number of fused-ring (bicyclic) bond motifs is 1. The van der Waals surface area contributed by atoms with Crippen molar-refractivity contribution in [2.75, 3.05) is 175 Å². The third-order valence-corrected chi connectivity index (χ3v) is 18.2. The summed E-state index contributed by atoms with van der Waals surface area (Å²) in [4.78, 5) is 60.2. The SMILES string of the molecule is Nc1ccc(O)cc1[N+](=O)[O-].Nc1ccc(OCC2CO2)cc1[N+](=O)[O-].Nc1ccc(OC[C@@H](O)CN2CCN(c3ccc(Cl)cc3)CC2)cc1N.Nc1ccc(OC[C@@H](O)CN2CCN(c3ccc(Cl)cc3)CC2)cc1[N+](=O)[O-].O=c1[nH]c2ccc(OC[C@@H](O)CN3CCN(c4ccc(Cl)cc4)CC3)cc2[nH]1. The van der Waals surface area contributed by atoms with Gasteiger partial charge >= 0.3 is 5.69 Å². The van der Waals surface area contributed by atoms with Gasteiger partial charge < -0.3 is 97.4 Å². The highest BCUT2D eigenvalue weighted by Gasteiger charge is 2.26. The predicted molar refractivity (Wildman–Crippen MR) is 418 cm³/mol. The van der Waals surface area contributed by atoms with Gasteiger partial charge in [0, 0.05) is 142 Å². The first-order chi connectivity index (χ1) is 51.8. The molecule has 576 valence electrons. The maximum absolute atomic E-state index is 11.3. The number of halogens is 3. The van der Waals surface area contributed by atoms with Gasteiger partial charge in [-0.2, -0.15) is 0 Å². The third-order valence-electron chi connectivity index (χ3n) is 17.4. The molecule has 108 heavy (non-hydrogen) atoms. The fourth-order valence-electron chi connectivity index (χ4n) is 11.5. The molecule has 0 radical (unpaired) electrons. The van der Waals surface area contributed by atoms with Crippen molar-refractivity contribution >= 4 is 108 Å². The lowest BCUT2D eigenvalue weighted by molar-refractivity contribution is -0.384. The van der Waals surface area contributed by atoms with Crippen molar-refractivity contribution in [2.45, 2.75) is 24.4 Å². The number of nitrogens with zero attached hydrogens (tertiary/aromatic N) is 9. The normalized spacial score (nSPS) is 15.9. The number of nitrogens with one attached hydrogen (secondary N) is 2. The second-order valence-corrected chi connectivity index (χ2v) is 26.8. The molecular weight excluding hydrogens is 1460 g/mol. The first-order valence-electron chi connectivity index (χ1n) is 34.3. The van der Waals surface area contributed by atoms with E-state index in [2.05, 4.69) is 39.4 Å². The second-order valence-electron chi connectivity index (χ2n) is 25.5. The first-order valence-corrected chi connectivity index (χ1v) is 35.4. The minimum Gasteiger partial charge on any atom is -0.508 e. The molecule has 0 bridgehead atoms. The van der Waals surface area contributed by atoms with Crippen LogP contribution >= 0.6 is 34.8 Å². The largest absolute Gasteiger partial charge is 0.508 e. The van der Waals surface area contributed by atoms with Crippen LogP contribution in [0.15, 0.2) is 169 Å². The molecule has 16 N–H and O–H groups in total. The molecule has 4 aliphatic rings. The number of nitrogens with two attached hydrogens (primary N) is 5. The molecule has 4 atom stereocenters. The van der Waals surface area contributed by atoms with Gasteiger partial charge in [-0.1, -0.05) is 34.8 Å². The van der Waals surface area contributed by atoms with Crippen LogP contribution in [0.4, 0.5) is 62.6 Å². The zero-order valence-corrected chi connectivity index (χ0v) is 61.0. The van der Waals surface area contributed by atoms with E-state index in [0.717, 1.165) is 111 Å². The number of aromatic hydroxyl groups is 1. The Morgan fingerprint density at radius 1 is 0.426 bits per heavy atom. The lowest BCUT2D eigenvalue weighted by Crippen LogP contribution is -2.49. The Hall–Kier alpha value is -10.8. The molecule has 0 aliphatic carbocycles. The van der Waals surface area contributed by atoms with Crippen molar-refractivity contribution in [3.05, 3.63) is 220 Å². The molecule has 32 nitrogen and oxygen atoms in total. The number of H-pyrrole nitrogens is 2. The third kappa shape index (κ3) is 25.7. The Morgan fingerprint density at radius 3 is 1.11 bits per heavy atom. The standard InChI is InChI=1S/C20H23ClN4O3.C19H23ClN4O4.C19H25ClN4O2.C9H10N2O4.C6H6N2O3/c21-14-1-3-15(4-2-14)25-9-7-24(8-10-25)12-16(26)13-28-17-5-6-18-19(11-17)23-20(27)22-18;20-14-1-3-15(4-2-14)23-9-7-22(8-10-23)12-16(25)13-28-17-5-6-18(21)19(11-17)24(26)27;20-14-1-3-15(4-2-14)24-9-7-23(8-10-24)12-16(25)13-26-17-5-6-18(21)19(22)11-17;10-8-2-1-6(3-9(8)11(12)13)14-4-7-5-15-7;7-5-2-1-4(9)3-6(5)8(10)11/h1-6,11,16,26H,7-10,12-13H2,(H2,22,23,27);1-6,11,16,25H,7-10,12-13,21H2;1-6,11,16,25H,7-10,12-13,21-22H2;1-3,7H,4-5,10H2;1-3,9H,7H2/t3*16-;;/m000../s1. The van der Waals surface area contributed by atoms with E-state index in [9.17, 15) is 50.5 Å². The average Bonchev–Trinajstić information content (AvgIpc) is 1.68. The number of aliphatic hydroxyl groups is 3. The molecule has 8 aromatic carbocycles. The van der Waals surface area contributed by atoms with E-state index in [-0.39, 0.29) is 71.5 Å². The topological polar surface area (TPSA) is 458 Å². The monoisotopic (exact) mass is 1550 g/mol. The number of phenolic OH excluding ortho intramolecular Hbond substituents is 1. The lowest BCUT2D eigenvalue weighted by Gasteiger charge is -2.36. The highest BCUT2D eigenvalue weighted by molar-refractivity contribution is 6.31. The van der Waals surface area contributed by atoms with Crippen LogP contribution < -0.4 is 68.0 Å². The van der Waals surface area contributed by atoms with Crippen LogP contribution in [-0.4, -0.2) is 215 Å². The zero-order chi connectivity index (χ0) is 77.4. The Morgan fingerprint density at radius 2 is 0.750 bits per heavy atom. The molecule has 1 unspecified atom stereocenters. The number of anilines is 8. The molecular formula is C73H87Cl3N16O16. The summed E-state index contributed by atoms with van der Waals surface area (Å²) in [5.41, 5.74) is 33.0. The van der Waals surface area contributed by atoms with Crippen LogP contribution in [0.25, 0.3) is 11.0 Å². The van der Waals surface area contributed by atoms with Gasteiger partial charge in [0.15, 0.2) is 0 Å². The summed E-state index contributed by atoms with van der Waals surface area (Å²) in [7, 11) is 0. The van der Waals surface area contributed by atoms with Crippen LogP contribution in [0.2, 0.25) is 15.1 Å². The number of aromatic amines is 2. The van der Waals surface area contributed by atoms with E-state index in [1.54, 1.807) is 48.5 Å². The number of β-amino-alcohol motifs (C(OH)–C–C–N with tert-alkyl or cyclic N) is 3. The molecule has 5 heterocycles. The van der Waals surface area contributed by atoms with Gasteiger partial charge in [-0.3, -0.25) is 45.0 Å². The maximum atomic E-state index is 11.3. The number of hydrogen-bond donors (Lipinski definition) is 11. The van der Waals surface area contributed by atoms with Gasteiger partial charge in [-0.15, -0.1) is 0 Å².